The molecule has 3 aliphatic rings. The van der Waals surface area contributed by atoms with Gasteiger partial charge in [0.15, 0.2) is 0 Å². The van der Waals surface area contributed by atoms with Crippen LogP contribution in [0, 0.1) is 5.92 Å². The highest BCUT2D eigenvalue weighted by molar-refractivity contribution is 4.88. The zero-order chi connectivity index (χ0) is 17.0. The van der Waals surface area contributed by atoms with Crippen LogP contribution in [0.5, 0.6) is 0 Å². The summed E-state index contributed by atoms with van der Waals surface area (Å²) >= 11 is 0. The lowest BCUT2D eigenvalue weighted by Gasteiger charge is -2.46. The third-order valence-electron chi connectivity index (χ3n) is 6.19. The van der Waals surface area contributed by atoms with E-state index < -0.39 is 0 Å². The Morgan fingerprint density at radius 3 is 2.33 bits per heavy atom. The second-order valence-corrected chi connectivity index (χ2v) is 8.76. The van der Waals surface area contributed by atoms with Crippen molar-refractivity contribution in [2.75, 3.05) is 85.7 Å². The van der Waals surface area contributed by atoms with Crippen LogP contribution in [0.15, 0.2) is 0 Å². The number of piperazine rings is 1. The van der Waals surface area contributed by atoms with Gasteiger partial charge in [-0.2, -0.15) is 0 Å². The van der Waals surface area contributed by atoms with Crippen molar-refractivity contribution in [1.82, 2.24) is 19.6 Å². The molecule has 3 saturated heterocycles. The second kappa shape index (κ2) is 8.45. The van der Waals surface area contributed by atoms with Gasteiger partial charge in [-0.15, -0.1) is 0 Å². The summed E-state index contributed by atoms with van der Waals surface area (Å²) in [5, 5.41) is 0. The molecule has 0 saturated carbocycles. The van der Waals surface area contributed by atoms with Gasteiger partial charge in [0.1, 0.15) is 0 Å². The zero-order valence-corrected chi connectivity index (χ0v) is 16.2. The Morgan fingerprint density at radius 1 is 0.917 bits per heavy atom. The average molecular weight is 339 g/mol. The molecule has 3 heterocycles. The maximum atomic E-state index is 5.53. The lowest BCUT2D eigenvalue weighted by atomic mass is 9.94. The average Bonchev–Trinajstić information content (AvgIpc) is 2.58. The molecule has 0 bridgehead atoms. The van der Waals surface area contributed by atoms with Crippen LogP contribution in [-0.4, -0.2) is 111 Å². The van der Waals surface area contributed by atoms with E-state index in [2.05, 4.69) is 40.5 Å². The summed E-state index contributed by atoms with van der Waals surface area (Å²) < 4.78 is 5.53. The fourth-order valence-electron chi connectivity index (χ4n) is 4.66. The first-order chi connectivity index (χ1) is 11.5. The molecule has 1 atom stereocenters. The number of morpholine rings is 1. The van der Waals surface area contributed by atoms with Crippen molar-refractivity contribution in [3.05, 3.63) is 0 Å². The highest BCUT2D eigenvalue weighted by Gasteiger charge is 2.32. The number of hydrogen-bond donors (Lipinski definition) is 0. The largest absolute Gasteiger partial charge is 0.379 e. The third kappa shape index (κ3) is 5.15. The van der Waals surface area contributed by atoms with E-state index in [1.807, 2.05) is 0 Å². The van der Waals surface area contributed by atoms with Gasteiger partial charge in [-0.3, -0.25) is 4.90 Å². The minimum atomic E-state index is 0.263. The van der Waals surface area contributed by atoms with E-state index in [0.29, 0.717) is 0 Å². The molecular weight excluding hydrogens is 300 g/mol. The fourth-order valence-corrected chi connectivity index (χ4v) is 4.66. The Balaban J connectivity index is 1.46. The number of piperidine rings is 1. The molecular formula is C19H38N4O. The van der Waals surface area contributed by atoms with Gasteiger partial charge in [0.2, 0.25) is 0 Å². The van der Waals surface area contributed by atoms with E-state index >= 15 is 0 Å². The summed E-state index contributed by atoms with van der Waals surface area (Å²) in [5.41, 5.74) is 0.263. The van der Waals surface area contributed by atoms with Crippen LogP contribution >= 0.6 is 0 Å². The minimum Gasteiger partial charge on any atom is -0.379 e. The number of nitrogens with zero attached hydrogens (tertiary/aromatic N) is 4. The van der Waals surface area contributed by atoms with Crippen LogP contribution in [0.2, 0.25) is 0 Å². The first-order valence-corrected chi connectivity index (χ1v) is 9.99. The monoisotopic (exact) mass is 338 g/mol. The fraction of sp³-hybridized carbons (Fsp3) is 1.00. The van der Waals surface area contributed by atoms with E-state index in [4.69, 9.17) is 4.74 Å². The molecule has 0 N–H and O–H groups in total. The number of likely N-dealkylation sites (tertiary alicyclic amines) is 1. The Kier molecular flexibility index (Phi) is 6.55. The summed E-state index contributed by atoms with van der Waals surface area (Å²) in [5.74, 6) is 0.864. The van der Waals surface area contributed by atoms with Crippen LogP contribution in [-0.2, 0) is 4.74 Å². The SMILES string of the molecule is CN1CCN(C[C@H]2CCCN(CC(C)(C)N3CCOCC3)C2)CC1. The van der Waals surface area contributed by atoms with Gasteiger partial charge in [0, 0.05) is 64.4 Å². The van der Waals surface area contributed by atoms with E-state index in [9.17, 15) is 0 Å². The van der Waals surface area contributed by atoms with E-state index in [1.165, 1.54) is 65.2 Å². The summed E-state index contributed by atoms with van der Waals surface area (Å²) in [6.07, 6.45) is 2.79. The van der Waals surface area contributed by atoms with Gasteiger partial charge in [0.05, 0.1) is 13.2 Å². The van der Waals surface area contributed by atoms with Crippen molar-refractivity contribution >= 4 is 0 Å². The van der Waals surface area contributed by atoms with Gasteiger partial charge < -0.3 is 19.4 Å². The van der Waals surface area contributed by atoms with E-state index in [1.54, 1.807) is 0 Å². The van der Waals surface area contributed by atoms with Crippen molar-refractivity contribution in [2.24, 2.45) is 5.92 Å². The van der Waals surface area contributed by atoms with Crippen LogP contribution in [0.4, 0.5) is 0 Å². The van der Waals surface area contributed by atoms with Gasteiger partial charge >= 0.3 is 0 Å². The first-order valence-electron chi connectivity index (χ1n) is 9.99. The lowest BCUT2D eigenvalue weighted by molar-refractivity contribution is -0.0267. The number of hydrogen-bond acceptors (Lipinski definition) is 5. The van der Waals surface area contributed by atoms with Gasteiger partial charge in [-0.25, -0.2) is 0 Å². The molecule has 0 aromatic heterocycles. The molecule has 3 aliphatic heterocycles. The van der Waals surface area contributed by atoms with Crippen LogP contribution < -0.4 is 0 Å². The van der Waals surface area contributed by atoms with Crippen molar-refractivity contribution < 1.29 is 4.74 Å². The molecule has 24 heavy (non-hydrogen) atoms. The molecule has 0 aromatic rings. The van der Waals surface area contributed by atoms with Crippen LogP contribution in [0.3, 0.4) is 0 Å². The number of rotatable bonds is 5. The minimum absolute atomic E-state index is 0.263. The predicted octanol–water partition coefficient (Wildman–Crippen LogP) is 1.06. The maximum Gasteiger partial charge on any atom is 0.0594 e. The van der Waals surface area contributed by atoms with Crippen LogP contribution in [0.25, 0.3) is 0 Å². The van der Waals surface area contributed by atoms with Crippen LogP contribution in [0.1, 0.15) is 26.7 Å². The lowest BCUT2D eigenvalue weighted by Crippen LogP contribution is -2.57. The molecule has 0 unspecified atom stereocenters. The number of ether oxygens (including phenoxy) is 1. The van der Waals surface area contributed by atoms with Crippen molar-refractivity contribution in [1.29, 1.82) is 0 Å². The van der Waals surface area contributed by atoms with Crippen molar-refractivity contribution in [3.8, 4) is 0 Å². The predicted molar refractivity (Wildman–Crippen MR) is 99.6 cm³/mol. The Hall–Kier alpha value is -0.200. The third-order valence-corrected chi connectivity index (χ3v) is 6.19. The Bertz CT molecular complexity index is 376. The number of likely N-dealkylation sites (N-methyl/N-ethyl adjacent to an activating group) is 1. The zero-order valence-electron chi connectivity index (χ0n) is 16.2. The molecule has 5 heteroatoms. The summed E-state index contributed by atoms with van der Waals surface area (Å²) in [7, 11) is 2.24. The maximum absolute atomic E-state index is 5.53. The molecule has 0 amide bonds. The topological polar surface area (TPSA) is 22.2 Å². The molecule has 140 valence electrons. The molecule has 5 nitrogen and oxygen atoms in total. The molecule has 0 aromatic carbocycles. The summed E-state index contributed by atoms with van der Waals surface area (Å²) in [6.45, 7) is 18.9. The Morgan fingerprint density at radius 2 is 1.62 bits per heavy atom. The molecule has 0 radical (unpaired) electrons. The highest BCUT2D eigenvalue weighted by Crippen LogP contribution is 2.23. The Labute approximate surface area is 148 Å². The molecule has 0 spiro atoms. The summed E-state index contributed by atoms with van der Waals surface area (Å²) in [6, 6.07) is 0. The van der Waals surface area contributed by atoms with E-state index in [0.717, 1.165) is 32.2 Å². The molecule has 3 fully saturated rings. The van der Waals surface area contributed by atoms with Gasteiger partial charge in [0.25, 0.3) is 0 Å². The van der Waals surface area contributed by atoms with Gasteiger partial charge in [-0.05, 0) is 46.2 Å². The van der Waals surface area contributed by atoms with Crippen molar-refractivity contribution in [2.45, 2.75) is 32.2 Å². The van der Waals surface area contributed by atoms with E-state index in [-0.39, 0.29) is 5.54 Å². The quantitative estimate of drug-likeness (QED) is 0.745. The second-order valence-electron chi connectivity index (χ2n) is 8.76. The van der Waals surface area contributed by atoms with Crippen molar-refractivity contribution in [3.63, 3.8) is 0 Å². The summed E-state index contributed by atoms with van der Waals surface area (Å²) in [4.78, 5) is 10.5. The highest BCUT2D eigenvalue weighted by atomic mass is 16.5. The molecule has 0 aliphatic carbocycles. The molecule has 3 rings (SSSR count). The first kappa shape index (κ1) is 18.6. The normalized spacial score (nSPS) is 29.9. The van der Waals surface area contributed by atoms with Gasteiger partial charge in [-0.1, -0.05) is 0 Å². The smallest absolute Gasteiger partial charge is 0.0594 e. The standard InChI is InChI=1S/C19H38N4O/c1-19(2,23-11-13-24-14-12-23)17-22-6-4-5-18(16-22)15-21-9-7-20(3)8-10-21/h18H,4-17H2,1-3H3/t18-/m1/s1.